The van der Waals surface area contributed by atoms with Crippen molar-refractivity contribution in [1.29, 1.82) is 0 Å². The molecule has 0 saturated carbocycles. The maximum Gasteiger partial charge on any atom is 0.118 e. The number of hydrogen-bond acceptors (Lipinski definition) is 4. The van der Waals surface area contributed by atoms with Gasteiger partial charge in [0.1, 0.15) is 5.75 Å². The van der Waals surface area contributed by atoms with Gasteiger partial charge < -0.3 is 9.84 Å². The van der Waals surface area contributed by atoms with Crippen molar-refractivity contribution < 1.29 is 9.84 Å². The van der Waals surface area contributed by atoms with Crippen LogP contribution in [0.5, 0.6) is 5.75 Å². The van der Waals surface area contributed by atoms with E-state index >= 15 is 0 Å². The standard InChI is InChI=1S/C17H25N3O2/c1-12-16(13(2)20(4)18-12)10-19(3)17(11-21)14-6-8-15(22-5)9-7-14/h6-9,17,21H,10-11H2,1-5H3. The Morgan fingerprint density at radius 2 is 1.91 bits per heavy atom. The molecule has 5 heteroatoms. The number of aliphatic hydroxyl groups is 1. The molecule has 0 spiro atoms. The molecule has 0 amide bonds. The number of ether oxygens (including phenoxy) is 1. The van der Waals surface area contributed by atoms with Crippen LogP contribution in [0.15, 0.2) is 24.3 Å². The average Bonchev–Trinajstić information content (AvgIpc) is 2.75. The van der Waals surface area contributed by atoms with E-state index < -0.39 is 0 Å². The molecule has 1 aromatic carbocycles. The highest BCUT2D eigenvalue weighted by Crippen LogP contribution is 2.24. The van der Waals surface area contributed by atoms with Gasteiger partial charge >= 0.3 is 0 Å². The Hall–Kier alpha value is -1.85. The van der Waals surface area contributed by atoms with E-state index in [1.165, 1.54) is 5.56 Å². The van der Waals surface area contributed by atoms with Crippen LogP contribution in [0.2, 0.25) is 0 Å². The maximum absolute atomic E-state index is 9.80. The Labute approximate surface area is 132 Å². The van der Waals surface area contributed by atoms with Crippen molar-refractivity contribution in [3.63, 3.8) is 0 Å². The molecular formula is C17H25N3O2. The summed E-state index contributed by atoms with van der Waals surface area (Å²) in [7, 11) is 5.63. The lowest BCUT2D eigenvalue weighted by Gasteiger charge is -2.27. The number of nitrogens with zero attached hydrogens (tertiary/aromatic N) is 3. The van der Waals surface area contributed by atoms with Gasteiger partial charge in [-0.25, -0.2) is 0 Å². The van der Waals surface area contributed by atoms with E-state index in [2.05, 4.69) is 16.9 Å². The van der Waals surface area contributed by atoms with Crippen LogP contribution in [-0.4, -0.2) is 40.6 Å². The summed E-state index contributed by atoms with van der Waals surface area (Å²) in [5.41, 5.74) is 4.50. The third-order valence-electron chi connectivity index (χ3n) is 4.27. The van der Waals surface area contributed by atoms with Gasteiger partial charge in [0.15, 0.2) is 0 Å². The summed E-state index contributed by atoms with van der Waals surface area (Å²) >= 11 is 0. The second-order valence-electron chi connectivity index (χ2n) is 5.66. The third-order valence-corrected chi connectivity index (χ3v) is 4.27. The minimum Gasteiger partial charge on any atom is -0.497 e. The lowest BCUT2D eigenvalue weighted by molar-refractivity contribution is 0.142. The van der Waals surface area contributed by atoms with Crippen LogP contribution in [-0.2, 0) is 13.6 Å². The van der Waals surface area contributed by atoms with Crippen LogP contribution >= 0.6 is 0 Å². The summed E-state index contributed by atoms with van der Waals surface area (Å²) in [6, 6.07) is 7.79. The van der Waals surface area contributed by atoms with E-state index in [0.717, 1.165) is 29.2 Å². The minimum atomic E-state index is -0.0510. The second kappa shape index (κ2) is 6.94. The third kappa shape index (κ3) is 3.31. The summed E-state index contributed by atoms with van der Waals surface area (Å²) in [4.78, 5) is 2.15. The molecule has 5 nitrogen and oxygen atoms in total. The molecule has 0 saturated heterocycles. The molecule has 0 aliphatic rings. The van der Waals surface area contributed by atoms with Crippen LogP contribution in [0.3, 0.4) is 0 Å². The highest BCUT2D eigenvalue weighted by molar-refractivity contribution is 5.30. The van der Waals surface area contributed by atoms with Gasteiger partial charge in [-0.2, -0.15) is 5.10 Å². The quantitative estimate of drug-likeness (QED) is 0.889. The Balaban J connectivity index is 2.19. The van der Waals surface area contributed by atoms with E-state index in [9.17, 15) is 5.11 Å². The normalized spacial score (nSPS) is 12.7. The van der Waals surface area contributed by atoms with Gasteiger partial charge in [0.2, 0.25) is 0 Å². The fourth-order valence-electron chi connectivity index (χ4n) is 2.73. The van der Waals surface area contributed by atoms with Crippen LogP contribution in [0.1, 0.15) is 28.6 Å². The van der Waals surface area contributed by atoms with E-state index in [1.807, 2.05) is 50.0 Å². The largest absolute Gasteiger partial charge is 0.497 e. The lowest BCUT2D eigenvalue weighted by atomic mass is 10.0. The number of aliphatic hydroxyl groups excluding tert-OH is 1. The van der Waals surface area contributed by atoms with Gasteiger partial charge in [-0.15, -0.1) is 0 Å². The lowest BCUT2D eigenvalue weighted by Crippen LogP contribution is -2.27. The first-order valence-corrected chi connectivity index (χ1v) is 7.42. The van der Waals surface area contributed by atoms with Crippen molar-refractivity contribution in [2.75, 3.05) is 20.8 Å². The number of rotatable bonds is 6. The molecule has 120 valence electrons. The number of methoxy groups -OCH3 is 1. The number of likely N-dealkylation sites (N-methyl/N-ethyl adjacent to an activating group) is 1. The number of aromatic nitrogens is 2. The van der Waals surface area contributed by atoms with Gasteiger partial charge in [-0.05, 0) is 38.6 Å². The maximum atomic E-state index is 9.80. The van der Waals surface area contributed by atoms with Gasteiger partial charge in [0, 0.05) is 24.8 Å². The van der Waals surface area contributed by atoms with Crippen molar-refractivity contribution in [2.45, 2.75) is 26.4 Å². The van der Waals surface area contributed by atoms with E-state index in [4.69, 9.17) is 4.74 Å². The van der Waals surface area contributed by atoms with Crippen LogP contribution < -0.4 is 4.74 Å². The smallest absolute Gasteiger partial charge is 0.118 e. The van der Waals surface area contributed by atoms with Crippen molar-refractivity contribution >= 4 is 0 Å². The highest BCUT2D eigenvalue weighted by atomic mass is 16.5. The summed E-state index contributed by atoms with van der Waals surface area (Å²) in [5.74, 6) is 0.821. The zero-order valence-electron chi connectivity index (χ0n) is 14.0. The fourth-order valence-corrected chi connectivity index (χ4v) is 2.73. The molecule has 0 aliphatic heterocycles. The molecule has 0 radical (unpaired) electrons. The number of benzene rings is 1. The van der Waals surface area contributed by atoms with Gasteiger partial charge in [0.25, 0.3) is 0 Å². The average molecular weight is 303 g/mol. The molecule has 0 aliphatic carbocycles. The summed E-state index contributed by atoms with van der Waals surface area (Å²) in [6.45, 7) is 4.92. The molecule has 2 rings (SSSR count). The topological polar surface area (TPSA) is 50.5 Å². The molecule has 1 N–H and O–H groups in total. The monoisotopic (exact) mass is 303 g/mol. The zero-order valence-corrected chi connectivity index (χ0v) is 14.0. The summed E-state index contributed by atoms with van der Waals surface area (Å²) < 4.78 is 7.09. The highest BCUT2D eigenvalue weighted by Gasteiger charge is 2.19. The molecule has 1 heterocycles. The second-order valence-corrected chi connectivity index (χ2v) is 5.66. The van der Waals surface area contributed by atoms with Crippen molar-refractivity contribution in [1.82, 2.24) is 14.7 Å². The summed E-state index contributed by atoms with van der Waals surface area (Å²) in [5, 5.41) is 14.3. The molecule has 1 unspecified atom stereocenters. The van der Waals surface area contributed by atoms with Gasteiger partial charge in [0.05, 0.1) is 25.5 Å². The minimum absolute atomic E-state index is 0.0510. The SMILES string of the molecule is COc1ccc(C(CO)N(C)Cc2c(C)nn(C)c2C)cc1. The molecule has 1 atom stereocenters. The van der Waals surface area contributed by atoms with E-state index in [1.54, 1.807) is 7.11 Å². The molecule has 2 aromatic rings. The zero-order chi connectivity index (χ0) is 16.3. The molecule has 0 bridgehead atoms. The first kappa shape index (κ1) is 16.5. The van der Waals surface area contributed by atoms with E-state index in [-0.39, 0.29) is 12.6 Å². The van der Waals surface area contributed by atoms with Gasteiger partial charge in [-0.1, -0.05) is 12.1 Å². The van der Waals surface area contributed by atoms with Crippen molar-refractivity contribution in [3.8, 4) is 5.75 Å². The first-order chi connectivity index (χ1) is 10.5. The Bertz CT molecular complexity index is 620. The molecule has 1 aromatic heterocycles. The fraction of sp³-hybridized carbons (Fsp3) is 0.471. The molecular weight excluding hydrogens is 278 g/mol. The predicted octanol–water partition coefficient (Wildman–Crippen LogP) is 2.21. The first-order valence-electron chi connectivity index (χ1n) is 7.42. The molecule has 0 fully saturated rings. The number of aryl methyl sites for hydroxylation is 2. The predicted molar refractivity (Wildman–Crippen MR) is 87.0 cm³/mol. The van der Waals surface area contributed by atoms with Crippen LogP contribution in [0.4, 0.5) is 0 Å². The Morgan fingerprint density at radius 3 is 2.36 bits per heavy atom. The Morgan fingerprint density at radius 1 is 1.27 bits per heavy atom. The van der Waals surface area contributed by atoms with Gasteiger partial charge in [-0.3, -0.25) is 9.58 Å². The van der Waals surface area contributed by atoms with Crippen LogP contribution in [0.25, 0.3) is 0 Å². The summed E-state index contributed by atoms with van der Waals surface area (Å²) in [6.07, 6.45) is 0. The van der Waals surface area contributed by atoms with Crippen molar-refractivity contribution in [3.05, 3.63) is 46.8 Å². The van der Waals surface area contributed by atoms with E-state index in [0.29, 0.717) is 0 Å². The van der Waals surface area contributed by atoms with Crippen molar-refractivity contribution in [2.24, 2.45) is 7.05 Å². The van der Waals surface area contributed by atoms with Crippen LogP contribution in [0, 0.1) is 13.8 Å². The Kier molecular flexibility index (Phi) is 5.21. The molecule has 22 heavy (non-hydrogen) atoms. The number of hydrogen-bond donors (Lipinski definition) is 1.